The third-order valence-corrected chi connectivity index (χ3v) is 4.63. The summed E-state index contributed by atoms with van der Waals surface area (Å²) in [5.74, 6) is 0.880. The van der Waals surface area contributed by atoms with Gasteiger partial charge in [0.1, 0.15) is 0 Å². The van der Waals surface area contributed by atoms with E-state index in [1.807, 2.05) is 6.26 Å². The highest BCUT2D eigenvalue weighted by Crippen LogP contribution is 2.29. The second-order valence-electron chi connectivity index (χ2n) is 5.33. The molecule has 0 aliphatic carbocycles. The van der Waals surface area contributed by atoms with Gasteiger partial charge in [0.2, 0.25) is 0 Å². The molecule has 2 rings (SSSR count). The average Bonchev–Trinajstić information content (AvgIpc) is 2.90. The van der Waals surface area contributed by atoms with E-state index in [-0.39, 0.29) is 5.56 Å². The standard InChI is InChI=1S/C15H17F3N4OS2/c1-22-12(20-21-14(22)24)11(7-8-25-2)19-13(23)9-3-5-10(6-4-9)15(16,17)18/h3-6,11H,7-8H2,1-2H3,(H,19,23)(H,21,24)/t11-/m0/s1. The predicted octanol–water partition coefficient (Wildman–Crippen LogP) is 3.72. The van der Waals surface area contributed by atoms with Crippen molar-refractivity contribution < 1.29 is 18.0 Å². The molecule has 1 heterocycles. The summed E-state index contributed by atoms with van der Waals surface area (Å²) < 4.78 is 39.9. The summed E-state index contributed by atoms with van der Waals surface area (Å²) in [4.78, 5) is 12.4. The fourth-order valence-corrected chi connectivity index (χ4v) is 2.84. The Labute approximate surface area is 152 Å². The Morgan fingerprint density at radius 3 is 2.52 bits per heavy atom. The molecule has 0 saturated heterocycles. The molecule has 0 fully saturated rings. The smallest absolute Gasteiger partial charge is 0.342 e. The third-order valence-electron chi connectivity index (χ3n) is 3.62. The zero-order valence-electron chi connectivity index (χ0n) is 13.6. The normalized spacial score (nSPS) is 12.8. The summed E-state index contributed by atoms with van der Waals surface area (Å²) in [5, 5.41) is 9.61. The van der Waals surface area contributed by atoms with Crippen LogP contribution in [0.1, 0.15) is 34.2 Å². The van der Waals surface area contributed by atoms with Crippen molar-refractivity contribution in [2.45, 2.75) is 18.6 Å². The minimum atomic E-state index is -4.43. The summed E-state index contributed by atoms with van der Waals surface area (Å²) in [5.41, 5.74) is -0.642. The van der Waals surface area contributed by atoms with Crippen molar-refractivity contribution in [1.29, 1.82) is 0 Å². The van der Waals surface area contributed by atoms with Crippen LogP contribution in [0.4, 0.5) is 13.2 Å². The summed E-state index contributed by atoms with van der Waals surface area (Å²) in [7, 11) is 1.73. The van der Waals surface area contributed by atoms with E-state index in [9.17, 15) is 18.0 Å². The van der Waals surface area contributed by atoms with Gasteiger partial charge < -0.3 is 9.88 Å². The summed E-state index contributed by atoms with van der Waals surface area (Å²) in [6.07, 6.45) is -1.88. The molecule has 2 N–H and O–H groups in total. The van der Waals surface area contributed by atoms with Crippen LogP contribution in [0, 0.1) is 4.77 Å². The number of nitrogens with zero attached hydrogens (tertiary/aromatic N) is 2. The first-order valence-electron chi connectivity index (χ1n) is 7.32. The second kappa shape index (κ2) is 8.05. The van der Waals surface area contributed by atoms with Gasteiger partial charge in [-0.1, -0.05) is 0 Å². The van der Waals surface area contributed by atoms with Crippen LogP contribution in [-0.2, 0) is 13.2 Å². The number of H-pyrrole nitrogens is 1. The minimum Gasteiger partial charge on any atom is -0.342 e. The zero-order valence-corrected chi connectivity index (χ0v) is 15.2. The largest absolute Gasteiger partial charge is 0.416 e. The van der Waals surface area contributed by atoms with Crippen LogP contribution in [0.15, 0.2) is 24.3 Å². The van der Waals surface area contributed by atoms with Gasteiger partial charge in [0, 0.05) is 12.6 Å². The van der Waals surface area contributed by atoms with Gasteiger partial charge in [-0.2, -0.15) is 30.0 Å². The molecule has 1 aromatic carbocycles. The van der Waals surface area contributed by atoms with E-state index in [1.165, 1.54) is 0 Å². The Kier molecular flexibility index (Phi) is 6.28. The van der Waals surface area contributed by atoms with Gasteiger partial charge in [-0.25, -0.2) is 0 Å². The molecule has 1 aromatic heterocycles. The molecule has 0 bridgehead atoms. The average molecular weight is 390 g/mol. The highest BCUT2D eigenvalue weighted by atomic mass is 32.2. The molecule has 1 atom stereocenters. The molecule has 0 unspecified atom stereocenters. The van der Waals surface area contributed by atoms with E-state index in [4.69, 9.17) is 12.2 Å². The SMILES string of the molecule is CSCC[C@H](NC(=O)c1ccc(C(F)(F)F)cc1)c1n[nH]c(=S)n1C. The number of rotatable bonds is 6. The van der Waals surface area contributed by atoms with Gasteiger partial charge in [0.05, 0.1) is 11.6 Å². The zero-order chi connectivity index (χ0) is 18.6. The van der Waals surface area contributed by atoms with Gasteiger partial charge >= 0.3 is 6.18 Å². The first-order chi connectivity index (χ1) is 11.7. The molecule has 25 heavy (non-hydrogen) atoms. The van der Waals surface area contributed by atoms with Crippen LogP contribution in [0.2, 0.25) is 0 Å². The number of thioether (sulfide) groups is 1. The number of alkyl halides is 3. The van der Waals surface area contributed by atoms with E-state index in [0.29, 0.717) is 17.0 Å². The van der Waals surface area contributed by atoms with Crippen molar-refractivity contribution in [3.05, 3.63) is 46.0 Å². The topological polar surface area (TPSA) is 62.7 Å². The molecule has 0 aliphatic heterocycles. The maximum Gasteiger partial charge on any atom is 0.416 e. The maximum absolute atomic E-state index is 12.6. The van der Waals surface area contributed by atoms with Crippen LogP contribution >= 0.6 is 24.0 Å². The van der Waals surface area contributed by atoms with Crippen molar-refractivity contribution in [2.75, 3.05) is 12.0 Å². The van der Waals surface area contributed by atoms with Crippen LogP contribution in [0.25, 0.3) is 0 Å². The van der Waals surface area contributed by atoms with Crippen molar-refractivity contribution in [3.8, 4) is 0 Å². The number of hydrogen-bond donors (Lipinski definition) is 2. The number of carbonyl (C=O) groups is 1. The molecular formula is C15H17F3N4OS2. The molecule has 0 aliphatic rings. The molecular weight excluding hydrogens is 373 g/mol. The lowest BCUT2D eigenvalue weighted by Crippen LogP contribution is -2.31. The van der Waals surface area contributed by atoms with E-state index < -0.39 is 23.7 Å². The quantitative estimate of drug-likeness (QED) is 0.738. The van der Waals surface area contributed by atoms with E-state index in [0.717, 1.165) is 30.0 Å². The number of amides is 1. The Bertz CT molecular complexity index is 783. The molecule has 136 valence electrons. The van der Waals surface area contributed by atoms with Crippen molar-refractivity contribution in [1.82, 2.24) is 20.1 Å². The van der Waals surface area contributed by atoms with Gasteiger partial charge in [0.25, 0.3) is 5.91 Å². The van der Waals surface area contributed by atoms with Gasteiger partial charge in [-0.3, -0.25) is 9.89 Å². The lowest BCUT2D eigenvalue weighted by molar-refractivity contribution is -0.137. The number of nitrogens with one attached hydrogen (secondary N) is 2. The number of benzene rings is 1. The number of aromatic nitrogens is 3. The Morgan fingerprint density at radius 1 is 1.40 bits per heavy atom. The fourth-order valence-electron chi connectivity index (χ4n) is 2.22. The molecule has 0 radical (unpaired) electrons. The third kappa shape index (κ3) is 4.85. The first kappa shape index (κ1) is 19.5. The number of halogens is 3. The summed E-state index contributed by atoms with van der Waals surface area (Å²) >= 11 is 6.70. The Hall–Kier alpha value is -1.81. The van der Waals surface area contributed by atoms with E-state index >= 15 is 0 Å². The molecule has 10 heteroatoms. The number of carbonyl (C=O) groups excluding carboxylic acids is 1. The van der Waals surface area contributed by atoms with Crippen molar-refractivity contribution in [3.63, 3.8) is 0 Å². The Balaban J connectivity index is 2.19. The number of hydrogen-bond acceptors (Lipinski definition) is 4. The molecule has 1 amide bonds. The maximum atomic E-state index is 12.6. The predicted molar refractivity (Wildman–Crippen MR) is 93.0 cm³/mol. The molecule has 0 saturated carbocycles. The molecule has 2 aromatic rings. The summed E-state index contributed by atoms with van der Waals surface area (Å²) in [6, 6.07) is 3.70. The first-order valence-corrected chi connectivity index (χ1v) is 9.12. The van der Waals surface area contributed by atoms with Crippen molar-refractivity contribution >= 4 is 29.9 Å². The van der Waals surface area contributed by atoms with Crippen LogP contribution < -0.4 is 5.32 Å². The van der Waals surface area contributed by atoms with Crippen LogP contribution in [0.5, 0.6) is 0 Å². The van der Waals surface area contributed by atoms with Gasteiger partial charge in [-0.15, -0.1) is 0 Å². The van der Waals surface area contributed by atoms with E-state index in [1.54, 1.807) is 23.4 Å². The van der Waals surface area contributed by atoms with E-state index in [2.05, 4.69) is 15.5 Å². The number of aromatic amines is 1. The highest BCUT2D eigenvalue weighted by Gasteiger charge is 2.30. The minimum absolute atomic E-state index is 0.152. The second-order valence-corrected chi connectivity index (χ2v) is 6.70. The molecule has 5 nitrogen and oxygen atoms in total. The van der Waals surface area contributed by atoms with Crippen molar-refractivity contribution in [2.24, 2.45) is 7.05 Å². The van der Waals surface area contributed by atoms with Gasteiger partial charge in [0.15, 0.2) is 10.6 Å². The lowest BCUT2D eigenvalue weighted by atomic mass is 10.1. The highest BCUT2D eigenvalue weighted by molar-refractivity contribution is 7.98. The molecule has 0 spiro atoms. The Morgan fingerprint density at radius 2 is 2.04 bits per heavy atom. The van der Waals surface area contributed by atoms with Gasteiger partial charge in [-0.05, 0) is 54.9 Å². The monoisotopic (exact) mass is 390 g/mol. The summed E-state index contributed by atoms with van der Waals surface area (Å²) in [6.45, 7) is 0. The van der Waals surface area contributed by atoms with Crippen LogP contribution in [0.3, 0.4) is 0 Å². The fraction of sp³-hybridized carbons (Fsp3) is 0.400. The van der Waals surface area contributed by atoms with Crippen LogP contribution in [-0.4, -0.2) is 32.7 Å². The lowest BCUT2D eigenvalue weighted by Gasteiger charge is -2.18.